The van der Waals surface area contributed by atoms with Crippen LogP contribution in [0.25, 0.3) is 0 Å². The molecule has 0 radical (unpaired) electrons. The van der Waals surface area contributed by atoms with Crippen LogP contribution < -0.4 is 0 Å². The molecule has 0 saturated carbocycles. The lowest BCUT2D eigenvalue weighted by atomic mass is 9.93. The minimum atomic E-state index is -0.982. The highest BCUT2D eigenvalue weighted by Gasteiger charge is 2.48. The normalized spacial score (nSPS) is 21.5. The standard InChI is InChI=1S/C16H21NO3S/c1-2-16(15(19)20)9-6-10-17(16)14(18)12-21-11-13-7-4-3-5-8-13/h3-5,7-8H,2,6,9-12H2,1H3,(H,19,20). The molecule has 0 bridgehead atoms. The van der Waals surface area contributed by atoms with E-state index in [0.717, 1.165) is 12.2 Å². The van der Waals surface area contributed by atoms with E-state index in [1.807, 2.05) is 37.3 Å². The van der Waals surface area contributed by atoms with E-state index in [1.54, 1.807) is 16.7 Å². The molecule has 2 rings (SSSR count). The molecule has 1 saturated heterocycles. The summed E-state index contributed by atoms with van der Waals surface area (Å²) < 4.78 is 0. The third kappa shape index (κ3) is 3.40. The quantitative estimate of drug-likeness (QED) is 0.878. The van der Waals surface area contributed by atoms with Gasteiger partial charge in [0.2, 0.25) is 5.91 Å². The molecule has 1 aliphatic heterocycles. The van der Waals surface area contributed by atoms with Gasteiger partial charge in [-0.25, -0.2) is 4.79 Å². The summed E-state index contributed by atoms with van der Waals surface area (Å²) in [6.07, 6.45) is 1.81. The molecule has 5 heteroatoms. The summed E-state index contributed by atoms with van der Waals surface area (Å²) in [6, 6.07) is 9.98. The maximum absolute atomic E-state index is 12.4. The van der Waals surface area contributed by atoms with E-state index in [-0.39, 0.29) is 5.91 Å². The molecule has 0 aromatic heterocycles. The van der Waals surface area contributed by atoms with Crippen molar-refractivity contribution in [1.82, 2.24) is 4.90 Å². The summed E-state index contributed by atoms with van der Waals surface area (Å²) >= 11 is 1.54. The molecule has 1 fully saturated rings. The Morgan fingerprint density at radius 2 is 2.05 bits per heavy atom. The van der Waals surface area contributed by atoms with Crippen molar-refractivity contribution in [2.24, 2.45) is 0 Å². The first-order valence-electron chi connectivity index (χ1n) is 7.25. The maximum Gasteiger partial charge on any atom is 0.329 e. The Morgan fingerprint density at radius 1 is 1.33 bits per heavy atom. The van der Waals surface area contributed by atoms with Gasteiger partial charge in [0, 0.05) is 12.3 Å². The number of hydrogen-bond acceptors (Lipinski definition) is 3. The number of amides is 1. The highest BCUT2D eigenvalue weighted by Crippen LogP contribution is 2.33. The fourth-order valence-electron chi connectivity index (χ4n) is 2.89. The molecule has 0 spiro atoms. The maximum atomic E-state index is 12.4. The van der Waals surface area contributed by atoms with E-state index < -0.39 is 11.5 Å². The number of thioether (sulfide) groups is 1. The smallest absolute Gasteiger partial charge is 0.329 e. The summed E-state index contributed by atoms with van der Waals surface area (Å²) in [5.74, 6) is 0.179. The summed E-state index contributed by atoms with van der Waals surface area (Å²) in [5, 5.41) is 9.49. The number of likely N-dealkylation sites (tertiary alicyclic amines) is 1. The van der Waals surface area contributed by atoms with Crippen LogP contribution in [0.4, 0.5) is 0 Å². The van der Waals surface area contributed by atoms with E-state index in [2.05, 4.69) is 0 Å². The topological polar surface area (TPSA) is 57.6 Å². The molecule has 1 atom stereocenters. The predicted octanol–water partition coefficient (Wildman–Crippen LogP) is 2.78. The number of benzene rings is 1. The van der Waals surface area contributed by atoms with Gasteiger partial charge < -0.3 is 10.0 Å². The van der Waals surface area contributed by atoms with Gasteiger partial charge in [0.05, 0.1) is 5.75 Å². The van der Waals surface area contributed by atoms with Crippen LogP contribution in [0, 0.1) is 0 Å². The van der Waals surface area contributed by atoms with E-state index in [0.29, 0.717) is 25.1 Å². The van der Waals surface area contributed by atoms with E-state index >= 15 is 0 Å². The Labute approximate surface area is 129 Å². The van der Waals surface area contributed by atoms with Crippen molar-refractivity contribution in [3.05, 3.63) is 35.9 Å². The Hall–Kier alpha value is -1.49. The second-order valence-electron chi connectivity index (χ2n) is 5.32. The second-order valence-corrected chi connectivity index (χ2v) is 6.30. The highest BCUT2D eigenvalue weighted by molar-refractivity contribution is 7.99. The van der Waals surface area contributed by atoms with Crippen LogP contribution >= 0.6 is 11.8 Å². The molecule has 1 aromatic carbocycles. The minimum Gasteiger partial charge on any atom is -0.479 e. The van der Waals surface area contributed by atoms with Crippen LogP contribution in [0.2, 0.25) is 0 Å². The monoisotopic (exact) mass is 307 g/mol. The summed E-state index contributed by atoms with van der Waals surface area (Å²) in [4.78, 5) is 25.5. The highest BCUT2D eigenvalue weighted by atomic mass is 32.2. The largest absolute Gasteiger partial charge is 0.479 e. The van der Waals surface area contributed by atoms with Gasteiger partial charge in [-0.1, -0.05) is 37.3 Å². The lowest BCUT2D eigenvalue weighted by Crippen LogP contribution is -2.53. The minimum absolute atomic E-state index is 0.0577. The summed E-state index contributed by atoms with van der Waals surface area (Å²) in [6.45, 7) is 2.40. The molecule has 21 heavy (non-hydrogen) atoms. The van der Waals surface area contributed by atoms with Gasteiger partial charge in [-0.2, -0.15) is 0 Å². The van der Waals surface area contributed by atoms with E-state index in [1.165, 1.54) is 5.56 Å². The number of rotatable bonds is 6. The average Bonchev–Trinajstić information content (AvgIpc) is 2.93. The van der Waals surface area contributed by atoms with Crippen LogP contribution in [-0.4, -0.2) is 39.7 Å². The molecule has 1 unspecified atom stereocenters. The Morgan fingerprint density at radius 3 is 2.67 bits per heavy atom. The molecule has 4 nitrogen and oxygen atoms in total. The third-order valence-corrected chi connectivity index (χ3v) is 5.10. The van der Waals surface area contributed by atoms with E-state index in [9.17, 15) is 14.7 Å². The molecule has 1 N–H and O–H groups in total. The molecule has 114 valence electrons. The fourth-order valence-corrected chi connectivity index (χ4v) is 3.75. The van der Waals surface area contributed by atoms with Crippen LogP contribution in [0.1, 0.15) is 31.7 Å². The van der Waals surface area contributed by atoms with Gasteiger partial charge >= 0.3 is 5.97 Å². The number of carbonyl (C=O) groups excluding carboxylic acids is 1. The zero-order valence-corrected chi connectivity index (χ0v) is 13.1. The average molecular weight is 307 g/mol. The van der Waals surface area contributed by atoms with Gasteiger partial charge in [-0.3, -0.25) is 4.79 Å². The number of hydrogen-bond donors (Lipinski definition) is 1. The van der Waals surface area contributed by atoms with Crippen molar-refractivity contribution in [1.29, 1.82) is 0 Å². The third-order valence-electron chi connectivity index (χ3n) is 4.11. The molecular formula is C16H21NO3S. The van der Waals surface area contributed by atoms with Gasteiger partial charge in [-0.05, 0) is 24.8 Å². The van der Waals surface area contributed by atoms with Gasteiger partial charge in [0.15, 0.2) is 0 Å². The number of carboxylic acid groups (broad SMARTS) is 1. The first-order valence-corrected chi connectivity index (χ1v) is 8.41. The molecule has 1 aromatic rings. The predicted molar refractivity (Wildman–Crippen MR) is 84.2 cm³/mol. The molecule has 0 aliphatic carbocycles. The second kappa shape index (κ2) is 6.98. The lowest BCUT2D eigenvalue weighted by molar-refractivity contribution is -0.155. The molecular weight excluding hydrogens is 286 g/mol. The number of aliphatic carboxylic acids is 1. The van der Waals surface area contributed by atoms with Crippen LogP contribution in [0.3, 0.4) is 0 Å². The Balaban J connectivity index is 1.92. The zero-order valence-electron chi connectivity index (χ0n) is 12.2. The van der Waals surface area contributed by atoms with Crippen molar-refractivity contribution in [3.63, 3.8) is 0 Å². The molecule has 1 heterocycles. The van der Waals surface area contributed by atoms with Crippen LogP contribution in [0.15, 0.2) is 30.3 Å². The van der Waals surface area contributed by atoms with Crippen LogP contribution in [-0.2, 0) is 15.3 Å². The number of carboxylic acids is 1. The Bertz CT molecular complexity index is 506. The van der Waals surface area contributed by atoms with Crippen molar-refractivity contribution in [3.8, 4) is 0 Å². The summed E-state index contributed by atoms with van der Waals surface area (Å²) in [5.41, 5.74) is 0.196. The Kier molecular flexibility index (Phi) is 5.28. The number of carbonyl (C=O) groups is 2. The molecule has 1 amide bonds. The van der Waals surface area contributed by atoms with Crippen molar-refractivity contribution in [2.45, 2.75) is 37.5 Å². The van der Waals surface area contributed by atoms with Gasteiger partial charge in [0.25, 0.3) is 0 Å². The van der Waals surface area contributed by atoms with Gasteiger partial charge in [0.1, 0.15) is 5.54 Å². The van der Waals surface area contributed by atoms with Crippen molar-refractivity contribution in [2.75, 3.05) is 12.3 Å². The first kappa shape index (κ1) is 15.9. The lowest BCUT2D eigenvalue weighted by Gasteiger charge is -2.33. The SMILES string of the molecule is CCC1(C(=O)O)CCCN1C(=O)CSCc1ccccc1. The van der Waals surface area contributed by atoms with E-state index in [4.69, 9.17) is 0 Å². The summed E-state index contributed by atoms with van der Waals surface area (Å²) in [7, 11) is 0. The number of nitrogens with zero attached hydrogens (tertiary/aromatic N) is 1. The van der Waals surface area contributed by atoms with Crippen LogP contribution in [0.5, 0.6) is 0 Å². The molecule has 1 aliphatic rings. The van der Waals surface area contributed by atoms with Crippen molar-refractivity contribution >= 4 is 23.6 Å². The first-order chi connectivity index (χ1) is 10.1. The fraction of sp³-hybridized carbons (Fsp3) is 0.500. The van der Waals surface area contributed by atoms with Gasteiger partial charge in [-0.15, -0.1) is 11.8 Å². The van der Waals surface area contributed by atoms with Crippen molar-refractivity contribution < 1.29 is 14.7 Å². The zero-order chi connectivity index (χ0) is 15.3.